The lowest BCUT2D eigenvalue weighted by Gasteiger charge is -2.01. The summed E-state index contributed by atoms with van der Waals surface area (Å²) in [5, 5.41) is 3.83. The van der Waals surface area contributed by atoms with Crippen LogP contribution < -0.4 is 0 Å². The lowest BCUT2D eigenvalue weighted by molar-refractivity contribution is 0.128. The highest BCUT2D eigenvalue weighted by Crippen LogP contribution is 2.00. The van der Waals surface area contributed by atoms with Crippen molar-refractivity contribution in [2.24, 2.45) is 0 Å². The molecule has 0 N–H and O–H groups in total. The highest BCUT2D eigenvalue weighted by molar-refractivity contribution is 4.94. The summed E-state index contributed by atoms with van der Waals surface area (Å²) in [6, 6.07) is 1.90. The molecule has 0 amide bonds. The third kappa shape index (κ3) is 5.02. The number of unbranched alkanes of at least 4 members (excludes halogenated alkanes) is 2. The standard InChI is InChI=1S/C11H19NO2/c1-2-3-4-8-13-9-5-6-11-7-10-14-12-11/h7,10H,2-6,8-9H2,1H3. The first-order chi connectivity index (χ1) is 6.93. The molecule has 0 aliphatic carbocycles. The van der Waals surface area contributed by atoms with E-state index >= 15 is 0 Å². The van der Waals surface area contributed by atoms with Gasteiger partial charge in [0.2, 0.25) is 0 Å². The molecule has 0 aromatic carbocycles. The van der Waals surface area contributed by atoms with Crippen LogP contribution in [-0.4, -0.2) is 18.4 Å². The van der Waals surface area contributed by atoms with Crippen molar-refractivity contribution in [2.75, 3.05) is 13.2 Å². The van der Waals surface area contributed by atoms with E-state index < -0.39 is 0 Å². The van der Waals surface area contributed by atoms with E-state index in [1.807, 2.05) is 6.07 Å². The van der Waals surface area contributed by atoms with E-state index in [4.69, 9.17) is 9.26 Å². The number of hydrogen-bond donors (Lipinski definition) is 0. The van der Waals surface area contributed by atoms with Gasteiger partial charge in [-0.1, -0.05) is 24.9 Å². The van der Waals surface area contributed by atoms with Crippen molar-refractivity contribution in [3.8, 4) is 0 Å². The van der Waals surface area contributed by atoms with E-state index in [-0.39, 0.29) is 0 Å². The molecule has 0 fully saturated rings. The van der Waals surface area contributed by atoms with Gasteiger partial charge in [-0.15, -0.1) is 0 Å². The predicted molar refractivity (Wildman–Crippen MR) is 55.2 cm³/mol. The van der Waals surface area contributed by atoms with Gasteiger partial charge in [0.05, 0.1) is 5.69 Å². The Kier molecular flexibility index (Phi) is 6.07. The molecule has 0 radical (unpaired) electrons. The number of hydrogen-bond acceptors (Lipinski definition) is 3. The second-order valence-electron chi connectivity index (χ2n) is 3.41. The maximum Gasteiger partial charge on any atom is 0.124 e. The molecular weight excluding hydrogens is 178 g/mol. The van der Waals surface area contributed by atoms with Crippen molar-refractivity contribution >= 4 is 0 Å². The second-order valence-corrected chi connectivity index (χ2v) is 3.41. The van der Waals surface area contributed by atoms with E-state index in [0.29, 0.717) is 0 Å². The van der Waals surface area contributed by atoms with Crippen LogP contribution in [0.25, 0.3) is 0 Å². The quantitative estimate of drug-likeness (QED) is 0.601. The molecule has 0 spiro atoms. The molecule has 1 rings (SSSR count). The van der Waals surface area contributed by atoms with Crippen LogP contribution in [0, 0.1) is 0 Å². The SMILES string of the molecule is CCCCCOCCCc1ccon1. The molecular formula is C11H19NO2. The van der Waals surface area contributed by atoms with Crippen molar-refractivity contribution in [3.05, 3.63) is 18.0 Å². The first-order valence-corrected chi connectivity index (χ1v) is 5.40. The molecule has 0 saturated carbocycles. The van der Waals surface area contributed by atoms with Crippen LogP contribution in [0.4, 0.5) is 0 Å². The van der Waals surface area contributed by atoms with Crippen LogP contribution in [-0.2, 0) is 11.2 Å². The third-order valence-corrected chi connectivity index (χ3v) is 2.11. The summed E-state index contributed by atoms with van der Waals surface area (Å²) in [7, 11) is 0. The normalized spacial score (nSPS) is 10.6. The first-order valence-electron chi connectivity index (χ1n) is 5.40. The Morgan fingerprint density at radius 1 is 1.29 bits per heavy atom. The fourth-order valence-electron chi connectivity index (χ4n) is 1.28. The molecule has 0 unspecified atom stereocenters. The van der Waals surface area contributed by atoms with Gasteiger partial charge in [-0.3, -0.25) is 0 Å². The fraction of sp³-hybridized carbons (Fsp3) is 0.727. The first kappa shape index (κ1) is 11.2. The van der Waals surface area contributed by atoms with Crippen molar-refractivity contribution < 1.29 is 9.26 Å². The summed E-state index contributed by atoms with van der Waals surface area (Å²) in [5.74, 6) is 0. The van der Waals surface area contributed by atoms with Crippen LogP contribution in [0.3, 0.4) is 0 Å². The van der Waals surface area contributed by atoms with E-state index in [1.54, 1.807) is 6.26 Å². The average Bonchev–Trinajstić information content (AvgIpc) is 2.69. The zero-order chi connectivity index (χ0) is 10.1. The van der Waals surface area contributed by atoms with Gasteiger partial charge in [0.15, 0.2) is 0 Å². The summed E-state index contributed by atoms with van der Waals surface area (Å²) < 4.78 is 10.2. The number of nitrogens with zero attached hydrogens (tertiary/aromatic N) is 1. The van der Waals surface area contributed by atoms with E-state index in [2.05, 4.69) is 12.1 Å². The smallest absolute Gasteiger partial charge is 0.124 e. The van der Waals surface area contributed by atoms with Gasteiger partial charge in [-0.05, 0) is 19.3 Å². The zero-order valence-corrected chi connectivity index (χ0v) is 8.87. The number of rotatable bonds is 8. The number of ether oxygens (including phenoxy) is 1. The maximum atomic E-state index is 5.48. The Morgan fingerprint density at radius 2 is 2.14 bits per heavy atom. The minimum Gasteiger partial charge on any atom is -0.381 e. The van der Waals surface area contributed by atoms with Gasteiger partial charge in [0, 0.05) is 19.3 Å². The minimum absolute atomic E-state index is 0.830. The van der Waals surface area contributed by atoms with Gasteiger partial charge in [0.25, 0.3) is 0 Å². The average molecular weight is 197 g/mol. The van der Waals surface area contributed by atoms with E-state index in [1.165, 1.54) is 19.3 Å². The highest BCUT2D eigenvalue weighted by atomic mass is 16.5. The second kappa shape index (κ2) is 7.56. The molecule has 1 heterocycles. The van der Waals surface area contributed by atoms with Crippen LogP contribution in [0.5, 0.6) is 0 Å². The Bertz CT molecular complexity index is 209. The molecule has 0 aliphatic heterocycles. The van der Waals surface area contributed by atoms with Gasteiger partial charge >= 0.3 is 0 Å². The van der Waals surface area contributed by atoms with Gasteiger partial charge in [-0.2, -0.15) is 0 Å². The molecule has 3 nitrogen and oxygen atoms in total. The summed E-state index contributed by atoms with van der Waals surface area (Å²) in [6.45, 7) is 3.92. The van der Waals surface area contributed by atoms with Crippen molar-refractivity contribution in [3.63, 3.8) is 0 Å². The molecule has 14 heavy (non-hydrogen) atoms. The van der Waals surface area contributed by atoms with E-state index in [9.17, 15) is 0 Å². The van der Waals surface area contributed by atoms with Crippen LogP contribution in [0.15, 0.2) is 16.9 Å². The van der Waals surface area contributed by atoms with Gasteiger partial charge in [0.1, 0.15) is 6.26 Å². The Balaban J connectivity index is 1.85. The summed E-state index contributed by atoms with van der Waals surface area (Å²) in [6.07, 6.45) is 7.28. The topological polar surface area (TPSA) is 35.3 Å². The van der Waals surface area contributed by atoms with Crippen LogP contribution >= 0.6 is 0 Å². The lowest BCUT2D eigenvalue weighted by Crippen LogP contribution is -1.98. The van der Waals surface area contributed by atoms with Crippen LogP contribution in [0.2, 0.25) is 0 Å². The molecule has 1 aromatic rings. The van der Waals surface area contributed by atoms with Crippen molar-refractivity contribution in [1.82, 2.24) is 5.16 Å². The summed E-state index contributed by atoms with van der Waals surface area (Å²) in [5.41, 5.74) is 1.02. The molecule has 0 aliphatic rings. The highest BCUT2D eigenvalue weighted by Gasteiger charge is 1.95. The fourth-order valence-corrected chi connectivity index (χ4v) is 1.28. The third-order valence-electron chi connectivity index (χ3n) is 2.11. The molecule has 80 valence electrons. The molecule has 1 aromatic heterocycles. The summed E-state index contributed by atoms with van der Waals surface area (Å²) in [4.78, 5) is 0. The predicted octanol–water partition coefficient (Wildman–Crippen LogP) is 2.81. The van der Waals surface area contributed by atoms with Crippen LogP contribution in [0.1, 0.15) is 38.3 Å². The van der Waals surface area contributed by atoms with Gasteiger partial charge in [-0.25, -0.2) is 0 Å². The molecule has 0 atom stereocenters. The van der Waals surface area contributed by atoms with E-state index in [0.717, 1.165) is 31.7 Å². The largest absolute Gasteiger partial charge is 0.381 e. The zero-order valence-electron chi connectivity index (χ0n) is 8.87. The monoisotopic (exact) mass is 197 g/mol. The Morgan fingerprint density at radius 3 is 2.86 bits per heavy atom. The van der Waals surface area contributed by atoms with Gasteiger partial charge < -0.3 is 9.26 Å². The van der Waals surface area contributed by atoms with Crippen molar-refractivity contribution in [1.29, 1.82) is 0 Å². The number of aryl methyl sites for hydroxylation is 1. The molecule has 0 saturated heterocycles. The lowest BCUT2D eigenvalue weighted by atomic mass is 10.2. The maximum absolute atomic E-state index is 5.48. The Hall–Kier alpha value is -0.830. The minimum atomic E-state index is 0.830. The molecule has 0 bridgehead atoms. The number of aromatic nitrogens is 1. The Labute approximate surface area is 85.4 Å². The summed E-state index contributed by atoms with van der Waals surface area (Å²) >= 11 is 0. The van der Waals surface area contributed by atoms with Crippen molar-refractivity contribution in [2.45, 2.75) is 39.0 Å². The molecule has 3 heteroatoms.